The maximum Gasteiger partial charge on any atom is 0.137 e. The summed E-state index contributed by atoms with van der Waals surface area (Å²) in [7, 11) is 3.89. The van der Waals surface area contributed by atoms with Crippen LogP contribution in [0.1, 0.15) is 19.4 Å². The Hall–Kier alpha value is -1.62. The maximum absolute atomic E-state index is 13.6. The van der Waals surface area contributed by atoms with Gasteiger partial charge in [-0.2, -0.15) is 0 Å². The molecule has 1 aromatic carbocycles. The van der Waals surface area contributed by atoms with Gasteiger partial charge in [0, 0.05) is 5.54 Å². The molecule has 0 bridgehead atoms. The van der Waals surface area contributed by atoms with Crippen LogP contribution in [-0.2, 0) is 0 Å². The van der Waals surface area contributed by atoms with E-state index in [1.807, 2.05) is 32.8 Å². The molecule has 0 aliphatic carbocycles. The van der Waals surface area contributed by atoms with Gasteiger partial charge in [0.25, 0.3) is 0 Å². The quantitative estimate of drug-likeness (QED) is 0.621. The molecule has 0 fully saturated rings. The van der Waals surface area contributed by atoms with Gasteiger partial charge in [0.05, 0.1) is 5.56 Å². The van der Waals surface area contributed by atoms with E-state index in [1.165, 1.54) is 6.07 Å². The summed E-state index contributed by atoms with van der Waals surface area (Å²) in [5.74, 6) is -0.564. The predicted molar refractivity (Wildman–Crippen MR) is 70.7 cm³/mol. The summed E-state index contributed by atoms with van der Waals surface area (Å²) < 4.78 is 19.2. The first-order valence-corrected chi connectivity index (χ1v) is 5.69. The predicted octanol–water partition coefficient (Wildman–Crippen LogP) is 1.83. The monoisotopic (exact) mass is 253 g/mol. The van der Waals surface area contributed by atoms with Crippen LogP contribution in [0.25, 0.3) is 0 Å². The Morgan fingerprint density at radius 2 is 2.06 bits per heavy atom. The number of amidine groups is 1. The van der Waals surface area contributed by atoms with Crippen molar-refractivity contribution in [3.63, 3.8) is 0 Å². The molecule has 0 saturated carbocycles. The van der Waals surface area contributed by atoms with E-state index >= 15 is 0 Å². The first kappa shape index (κ1) is 14.4. The summed E-state index contributed by atoms with van der Waals surface area (Å²) >= 11 is 0. The van der Waals surface area contributed by atoms with Crippen molar-refractivity contribution in [3.05, 3.63) is 29.6 Å². The number of nitrogens with zero attached hydrogens (tertiary/aromatic N) is 1. The number of nitrogens with one attached hydrogen (secondary N) is 1. The van der Waals surface area contributed by atoms with Gasteiger partial charge in [-0.3, -0.25) is 5.41 Å². The number of nitrogen functional groups attached to an aromatic ring is 1. The van der Waals surface area contributed by atoms with Gasteiger partial charge < -0.3 is 15.4 Å². The number of nitrogens with two attached hydrogens (primary N) is 1. The van der Waals surface area contributed by atoms with E-state index in [1.54, 1.807) is 12.1 Å². The second kappa shape index (κ2) is 5.35. The molecular formula is C13H20FN3O. The molecule has 0 aromatic heterocycles. The van der Waals surface area contributed by atoms with Crippen molar-refractivity contribution in [2.45, 2.75) is 19.4 Å². The minimum atomic E-state index is -0.539. The molecule has 0 aliphatic rings. The van der Waals surface area contributed by atoms with E-state index in [2.05, 4.69) is 0 Å². The van der Waals surface area contributed by atoms with Crippen LogP contribution in [0.2, 0.25) is 0 Å². The van der Waals surface area contributed by atoms with Crippen LogP contribution >= 0.6 is 0 Å². The van der Waals surface area contributed by atoms with Crippen molar-refractivity contribution in [1.29, 1.82) is 5.41 Å². The molecule has 0 saturated heterocycles. The van der Waals surface area contributed by atoms with Gasteiger partial charge in [0.15, 0.2) is 0 Å². The van der Waals surface area contributed by atoms with Crippen molar-refractivity contribution >= 4 is 5.84 Å². The molecule has 0 aliphatic heterocycles. The van der Waals surface area contributed by atoms with Crippen LogP contribution in [0.3, 0.4) is 0 Å². The normalized spacial score (nSPS) is 11.7. The Bertz CT molecular complexity index is 444. The summed E-state index contributed by atoms with van der Waals surface area (Å²) in [6.45, 7) is 4.41. The molecule has 3 N–H and O–H groups in total. The fraction of sp³-hybridized carbons (Fsp3) is 0.462. The fourth-order valence-corrected chi connectivity index (χ4v) is 1.27. The van der Waals surface area contributed by atoms with Gasteiger partial charge in [-0.25, -0.2) is 4.39 Å². The van der Waals surface area contributed by atoms with Crippen LogP contribution in [0.4, 0.5) is 4.39 Å². The van der Waals surface area contributed by atoms with Crippen LogP contribution in [0, 0.1) is 11.2 Å². The van der Waals surface area contributed by atoms with E-state index in [4.69, 9.17) is 15.9 Å². The van der Waals surface area contributed by atoms with E-state index in [9.17, 15) is 4.39 Å². The second-order valence-electron chi connectivity index (χ2n) is 5.02. The van der Waals surface area contributed by atoms with E-state index < -0.39 is 5.82 Å². The molecule has 0 radical (unpaired) electrons. The zero-order valence-corrected chi connectivity index (χ0v) is 11.2. The smallest absolute Gasteiger partial charge is 0.137 e. The van der Waals surface area contributed by atoms with Crippen molar-refractivity contribution < 1.29 is 9.13 Å². The highest BCUT2D eigenvalue weighted by atomic mass is 19.1. The third-order valence-corrected chi connectivity index (χ3v) is 3.04. The molecule has 0 heterocycles. The third-order valence-electron chi connectivity index (χ3n) is 3.04. The first-order valence-electron chi connectivity index (χ1n) is 5.69. The zero-order valence-electron chi connectivity index (χ0n) is 11.2. The van der Waals surface area contributed by atoms with Gasteiger partial charge >= 0.3 is 0 Å². The molecule has 1 aromatic rings. The number of hydrogen-bond acceptors (Lipinski definition) is 3. The standard InChI is InChI=1S/C13H20FN3O/c1-13(2,17(3)4)8-18-10-7-5-6-9(14)11(10)12(15)16/h5-7H,8H2,1-4H3,(H3,15,16). The largest absolute Gasteiger partial charge is 0.491 e. The molecule has 0 spiro atoms. The summed E-state index contributed by atoms with van der Waals surface area (Å²) in [5.41, 5.74) is 5.19. The number of likely N-dealkylation sites (N-methyl/N-ethyl adjacent to an activating group) is 1. The van der Waals surface area contributed by atoms with Crippen LogP contribution in [0.15, 0.2) is 18.2 Å². The van der Waals surface area contributed by atoms with Crippen molar-refractivity contribution in [1.82, 2.24) is 4.90 Å². The van der Waals surface area contributed by atoms with Gasteiger partial charge in [-0.1, -0.05) is 6.07 Å². The van der Waals surface area contributed by atoms with Crippen LogP contribution in [-0.4, -0.2) is 37.0 Å². The lowest BCUT2D eigenvalue weighted by molar-refractivity contribution is 0.113. The summed E-state index contributed by atoms with van der Waals surface area (Å²) in [6, 6.07) is 4.42. The lowest BCUT2D eigenvalue weighted by Crippen LogP contribution is -2.43. The van der Waals surface area contributed by atoms with Crippen molar-refractivity contribution in [2.24, 2.45) is 5.73 Å². The Balaban J connectivity index is 2.92. The topological polar surface area (TPSA) is 62.3 Å². The fourth-order valence-electron chi connectivity index (χ4n) is 1.27. The second-order valence-corrected chi connectivity index (χ2v) is 5.02. The van der Waals surface area contributed by atoms with E-state index in [-0.39, 0.29) is 16.9 Å². The molecule has 0 amide bonds. The highest BCUT2D eigenvalue weighted by Gasteiger charge is 2.22. The van der Waals surface area contributed by atoms with E-state index in [0.29, 0.717) is 12.4 Å². The first-order chi connectivity index (χ1) is 8.25. The molecule has 100 valence electrons. The lowest BCUT2D eigenvalue weighted by atomic mass is 10.1. The molecule has 0 unspecified atom stereocenters. The van der Waals surface area contributed by atoms with Gasteiger partial charge in [-0.15, -0.1) is 0 Å². The van der Waals surface area contributed by atoms with Crippen molar-refractivity contribution in [2.75, 3.05) is 20.7 Å². The van der Waals surface area contributed by atoms with Crippen LogP contribution < -0.4 is 10.5 Å². The number of benzene rings is 1. The Kier molecular flexibility index (Phi) is 4.29. The molecule has 1 rings (SSSR count). The number of rotatable bonds is 5. The van der Waals surface area contributed by atoms with Gasteiger partial charge in [0.1, 0.15) is 24.0 Å². The highest BCUT2D eigenvalue weighted by Crippen LogP contribution is 2.22. The molecule has 4 nitrogen and oxygen atoms in total. The number of ether oxygens (including phenoxy) is 1. The zero-order chi connectivity index (χ0) is 13.9. The van der Waals surface area contributed by atoms with Gasteiger partial charge in [-0.05, 0) is 40.1 Å². The van der Waals surface area contributed by atoms with Crippen LogP contribution in [0.5, 0.6) is 5.75 Å². The maximum atomic E-state index is 13.6. The molecule has 5 heteroatoms. The Morgan fingerprint density at radius 1 is 1.44 bits per heavy atom. The summed E-state index contributed by atoms with van der Waals surface area (Å²) in [6.07, 6.45) is 0. The Morgan fingerprint density at radius 3 is 2.56 bits per heavy atom. The Labute approximate surface area is 107 Å². The van der Waals surface area contributed by atoms with E-state index in [0.717, 1.165) is 0 Å². The highest BCUT2D eigenvalue weighted by molar-refractivity contribution is 5.97. The number of halogens is 1. The summed E-state index contributed by atoms with van der Waals surface area (Å²) in [5, 5.41) is 7.38. The molecule has 0 atom stereocenters. The third kappa shape index (κ3) is 3.20. The minimum absolute atomic E-state index is 0.0204. The SMILES string of the molecule is CN(C)C(C)(C)COc1cccc(F)c1C(=N)N. The summed E-state index contributed by atoms with van der Waals surface area (Å²) in [4.78, 5) is 2.01. The van der Waals surface area contributed by atoms with Gasteiger partial charge in [0.2, 0.25) is 0 Å². The minimum Gasteiger partial charge on any atom is -0.491 e. The molecular weight excluding hydrogens is 233 g/mol. The average Bonchev–Trinajstić information content (AvgIpc) is 2.25. The lowest BCUT2D eigenvalue weighted by Gasteiger charge is -2.32. The molecule has 18 heavy (non-hydrogen) atoms. The average molecular weight is 253 g/mol. The number of hydrogen-bond donors (Lipinski definition) is 2. The van der Waals surface area contributed by atoms with Crippen molar-refractivity contribution in [3.8, 4) is 5.75 Å².